The lowest BCUT2D eigenvalue weighted by atomic mass is 9.98. The summed E-state index contributed by atoms with van der Waals surface area (Å²) in [6.07, 6.45) is 6.93. The maximum Gasteiger partial charge on any atom is 0.189 e. The molecule has 3 nitrogen and oxygen atoms in total. The lowest BCUT2D eigenvalue weighted by Gasteiger charge is -2.28. The lowest BCUT2D eigenvalue weighted by Crippen LogP contribution is -2.27. The van der Waals surface area contributed by atoms with E-state index in [4.69, 9.17) is 4.74 Å². The molecule has 0 spiro atoms. The second-order valence-corrected chi connectivity index (χ2v) is 7.22. The summed E-state index contributed by atoms with van der Waals surface area (Å²) >= 11 is 0. The third-order valence-corrected chi connectivity index (χ3v) is 4.67. The van der Waals surface area contributed by atoms with E-state index < -0.39 is 5.60 Å². The quantitative estimate of drug-likeness (QED) is 0.489. The summed E-state index contributed by atoms with van der Waals surface area (Å²) in [6.45, 7) is 3.88. The van der Waals surface area contributed by atoms with Crippen molar-refractivity contribution in [2.45, 2.75) is 19.4 Å². The van der Waals surface area contributed by atoms with Gasteiger partial charge in [-0.1, -0.05) is 42.5 Å². The van der Waals surface area contributed by atoms with Crippen LogP contribution in [0.3, 0.4) is 0 Å². The summed E-state index contributed by atoms with van der Waals surface area (Å²) in [7, 11) is 0. The average Bonchev–Trinajstić information content (AvgIpc) is 2.65. The van der Waals surface area contributed by atoms with Gasteiger partial charge in [-0.3, -0.25) is 4.79 Å². The molecule has 134 valence electrons. The van der Waals surface area contributed by atoms with Crippen LogP contribution in [0.1, 0.15) is 35.3 Å². The van der Waals surface area contributed by atoms with Crippen LogP contribution in [-0.4, -0.2) is 16.5 Å². The zero-order valence-electron chi connectivity index (χ0n) is 15.3. The van der Waals surface area contributed by atoms with Crippen LogP contribution >= 0.6 is 0 Å². The normalized spacial score (nSPS) is 14.9. The summed E-state index contributed by atoms with van der Waals surface area (Å²) in [5.74, 6) is 0.282. The standard InChI is InChI=1S/C24H20O3/c1-24(2)14-13-20-22(27-24)12-10-19(23(20)26)21(25)11-8-16-7-9-17-5-3-4-6-18(17)15-16/h3-15,26H,1-2H3/b11-8+. The van der Waals surface area contributed by atoms with Gasteiger partial charge in [0.1, 0.15) is 17.1 Å². The zero-order chi connectivity index (χ0) is 19.0. The Labute approximate surface area is 158 Å². The minimum Gasteiger partial charge on any atom is -0.506 e. The molecule has 3 aromatic carbocycles. The molecule has 1 N–H and O–H groups in total. The first-order chi connectivity index (χ1) is 12.9. The van der Waals surface area contributed by atoms with Crippen LogP contribution in [0.15, 0.2) is 66.7 Å². The van der Waals surface area contributed by atoms with Crippen molar-refractivity contribution in [2.24, 2.45) is 0 Å². The molecule has 1 heterocycles. The van der Waals surface area contributed by atoms with Crippen molar-refractivity contribution in [2.75, 3.05) is 0 Å². The average molecular weight is 356 g/mol. The van der Waals surface area contributed by atoms with E-state index in [1.807, 2.05) is 56.3 Å². The van der Waals surface area contributed by atoms with Crippen LogP contribution < -0.4 is 4.74 Å². The number of fused-ring (bicyclic) bond motifs is 2. The summed E-state index contributed by atoms with van der Waals surface area (Å²) in [5, 5.41) is 12.8. The number of allylic oxidation sites excluding steroid dienone is 1. The Morgan fingerprint density at radius 3 is 2.63 bits per heavy atom. The fourth-order valence-electron chi connectivity index (χ4n) is 3.21. The Morgan fingerprint density at radius 1 is 1.04 bits per heavy atom. The Bertz CT molecular complexity index is 1100. The molecule has 0 radical (unpaired) electrons. The molecule has 0 saturated heterocycles. The summed E-state index contributed by atoms with van der Waals surface area (Å²) in [5.41, 5.74) is 1.31. The minimum atomic E-state index is -0.430. The van der Waals surface area contributed by atoms with Gasteiger partial charge in [0.2, 0.25) is 0 Å². The van der Waals surface area contributed by atoms with Gasteiger partial charge in [0, 0.05) is 0 Å². The number of carbonyl (C=O) groups excluding carboxylic acids is 1. The second kappa shape index (κ2) is 6.44. The second-order valence-electron chi connectivity index (χ2n) is 7.22. The number of phenols is 1. The summed E-state index contributed by atoms with van der Waals surface area (Å²) in [4.78, 5) is 12.6. The van der Waals surface area contributed by atoms with E-state index in [2.05, 4.69) is 6.07 Å². The fraction of sp³-hybridized carbons (Fsp3) is 0.125. The van der Waals surface area contributed by atoms with Crippen LogP contribution in [0, 0.1) is 0 Å². The smallest absolute Gasteiger partial charge is 0.189 e. The Balaban J connectivity index is 1.62. The zero-order valence-corrected chi connectivity index (χ0v) is 15.3. The molecule has 0 saturated carbocycles. The molecular weight excluding hydrogens is 336 g/mol. The van der Waals surface area contributed by atoms with E-state index in [1.54, 1.807) is 24.3 Å². The molecule has 0 bridgehead atoms. The molecule has 1 aliphatic heterocycles. The molecule has 0 unspecified atom stereocenters. The SMILES string of the molecule is CC1(C)C=Cc2c(ccc(C(=O)/C=C/c3ccc4ccccc4c3)c2O)O1. The van der Waals surface area contributed by atoms with Crippen LogP contribution in [-0.2, 0) is 0 Å². The van der Waals surface area contributed by atoms with Gasteiger partial charge in [-0.05, 0) is 66.6 Å². The molecule has 4 rings (SSSR count). The lowest BCUT2D eigenvalue weighted by molar-refractivity contribution is 0.104. The number of phenolic OH excluding ortho intramolecular Hbond substituents is 1. The number of rotatable bonds is 3. The van der Waals surface area contributed by atoms with Crippen molar-refractivity contribution in [1.29, 1.82) is 0 Å². The molecule has 1 aliphatic rings. The van der Waals surface area contributed by atoms with Crippen LogP contribution in [0.25, 0.3) is 22.9 Å². The van der Waals surface area contributed by atoms with Crippen LogP contribution in [0.4, 0.5) is 0 Å². The molecule has 0 atom stereocenters. The molecule has 0 aliphatic carbocycles. The van der Waals surface area contributed by atoms with E-state index in [-0.39, 0.29) is 17.1 Å². The van der Waals surface area contributed by atoms with Gasteiger partial charge < -0.3 is 9.84 Å². The van der Waals surface area contributed by atoms with Crippen molar-refractivity contribution >= 4 is 28.7 Å². The van der Waals surface area contributed by atoms with Gasteiger partial charge in [0.15, 0.2) is 5.78 Å². The van der Waals surface area contributed by atoms with Gasteiger partial charge in [-0.2, -0.15) is 0 Å². The van der Waals surface area contributed by atoms with Gasteiger partial charge in [-0.15, -0.1) is 0 Å². The van der Waals surface area contributed by atoms with E-state index in [0.717, 1.165) is 16.3 Å². The molecule has 0 fully saturated rings. The van der Waals surface area contributed by atoms with Crippen LogP contribution in [0.5, 0.6) is 11.5 Å². The maximum atomic E-state index is 12.6. The third-order valence-electron chi connectivity index (χ3n) is 4.67. The minimum absolute atomic E-state index is 0.0487. The number of carbonyl (C=O) groups is 1. The largest absolute Gasteiger partial charge is 0.506 e. The molecule has 3 aromatic rings. The first-order valence-corrected chi connectivity index (χ1v) is 8.88. The Hall–Kier alpha value is -3.33. The highest BCUT2D eigenvalue weighted by Crippen LogP contribution is 2.38. The molecule has 3 heteroatoms. The van der Waals surface area contributed by atoms with Crippen molar-refractivity contribution in [3.63, 3.8) is 0 Å². The first-order valence-electron chi connectivity index (χ1n) is 8.88. The predicted octanol–water partition coefficient (Wildman–Crippen LogP) is 5.63. The molecule has 0 amide bonds. The fourth-order valence-corrected chi connectivity index (χ4v) is 3.21. The maximum absolute atomic E-state index is 12.6. The highest BCUT2D eigenvalue weighted by molar-refractivity contribution is 6.09. The number of benzene rings is 3. The van der Waals surface area contributed by atoms with E-state index in [1.165, 1.54) is 6.08 Å². The number of aromatic hydroxyl groups is 1. The van der Waals surface area contributed by atoms with Crippen molar-refractivity contribution in [3.05, 3.63) is 83.4 Å². The number of ketones is 1. The highest BCUT2D eigenvalue weighted by atomic mass is 16.5. The van der Waals surface area contributed by atoms with Crippen molar-refractivity contribution < 1.29 is 14.6 Å². The molecule has 0 aromatic heterocycles. The van der Waals surface area contributed by atoms with E-state index in [0.29, 0.717) is 11.3 Å². The van der Waals surface area contributed by atoms with Gasteiger partial charge >= 0.3 is 0 Å². The first kappa shape index (κ1) is 17.1. The monoisotopic (exact) mass is 356 g/mol. The predicted molar refractivity (Wildman–Crippen MR) is 109 cm³/mol. The third kappa shape index (κ3) is 3.36. The van der Waals surface area contributed by atoms with Gasteiger partial charge in [0.05, 0.1) is 11.1 Å². The van der Waals surface area contributed by atoms with Gasteiger partial charge in [0.25, 0.3) is 0 Å². The Morgan fingerprint density at radius 2 is 1.81 bits per heavy atom. The number of hydrogen-bond donors (Lipinski definition) is 1. The highest BCUT2D eigenvalue weighted by Gasteiger charge is 2.25. The van der Waals surface area contributed by atoms with Crippen molar-refractivity contribution in [3.8, 4) is 11.5 Å². The van der Waals surface area contributed by atoms with Gasteiger partial charge in [-0.25, -0.2) is 0 Å². The topological polar surface area (TPSA) is 46.5 Å². The molecule has 27 heavy (non-hydrogen) atoms. The number of ether oxygens (including phenoxy) is 1. The Kier molecular flexibility index (Phi) is 4.08. The van der Waals surface area contributed by atoms with Crippen LogP contribution in [0.2, 0.25) is 0 Å². The summed E-state index contributed by atoms with van der Waals surface area (Å²) < 4.78 is 5.83. The van der Waals surface area contributed by atoms with E-state index >= 15 is 0 Å². The van der Waals surface area contributed by atoms with E-state index in [9.17, 15) is 9.90 Å². The molecular formula is C24H20O3. The summed E-state index contributed by atoms with van der Waals surface area (Å²) in [6, 6.07) is 17.5. The van der Waals surface area contributed by atoms with Crippen molar-refractivity contribution in [1.82, 2.24) is 0 Å². The number of hydrogen-bond acceptors (Lipinski definition) is 3.